The quantitative estimate of drug-likeness (QED) is 0.692. The molecule has 2 heteroatoms. The molecule has 1 fully saturated rings. The van der Waals surface area contributed by atoms with E-state index in [2.05, 4.69) is 25.7 Å². The van der Waals surface area contributed by atoms with E-state index in [0.29, 0.717) is 12.0 Å². The van der Waals surface area contributed by atoms with Crippen LogP contribution < -0.4 is 0 Å². The highest BCUT2D eigenvalue weighted by Gasteiger charge is 2.30. The molecular weight excluding hydrogens is 150 g/mol. The van der Waals surface area contributed by atoms with E-state index < -0.39 is 0 Å². The summed E-state index contributed by atoms with van der Waals surface area (Å²) >= 11 is 0. The molecule has 0 amide bonds. The standard InChI is InChI=1S/C10H21NO/c1-10(2,3)8-11(6-7-12)9-4-5-9/h9,12H,4-8H2,1-3H3. The van der Waals surface area contributed by atoms with Crippen LogP contribution in [0.15, 0.2) is 0 Å². The van der Waals surface area contributed by atoms with Crippen molar-refractivity contribution in [3.05, 3.63) is 0 Å². The summed E-state index contributed by atoms with van der Waals surface area (Å²) in [4.78, 5) is 2.42. The van der Waals surface area contributed by atoms with Crippen molar-refractivity contribution in [1.29, 1.82) is 0 Å². The van der Waals surface area contributed by atoms with Gasteiger partial charge in [0, 0.05) is 19.1 Å². The maximum Gasteiger partial charge on any atom is 0.0558 e. The molecule has 1 N–H and O–H groups in total. The molecule has 0 aromatic rings. The molecule has 72 valence electrons. The van der Waals surface area contributed by atoms with Gasteiger partial charge in [0.1, 0.15) is 0 Å². The van der Waals surface area contributed by atoms with E-state index >= 15 is 0 Å². The van der Waals surface area contributed by atoms with Crippen molar-refractivity contribution in [2.75, 3.05) is 19.7 Å². The highest BCUT2D eigenvalue weighted by Crippen LogP contribution is 2.29. The molecule has 0 radical (unpaired) electrons. The Morgan fingerprint density at radius 2 is 1.92 bits per heavy atom. The van der Waals surface area contributed by atoms with Crippen LogP contribution in [0.1, 0.15) is 33.6 Å². The Morgan fingerprint density at radius 1 is 1.33 bits per heavy atom. The molecule has 12 heavy (non-hydrogen) atoms. The molecule has 1 aliphatic carbocycles. The molecule has 0 aromatic carbocycles. The zero-order chi connectivity index (χ0) is 9.19. The highest BCUT2D eigenvalue weighted by atomic mass is 16.3. The summed E-state index contributed by atoms with van der Waals surface area (Å²) in [5, 5.41) is 8.87. The van der Waals surface area contributed by atoms with Gasteiger partial charge in [-0.25, -0.2) is 0 Å². The van der Waals surface area contributed by atoms with Crippen LogP contribution in [0.5, 0.6) is 0 Å². The average molecular weight is 171 g/mol. The van der Waals surface area contributed by atoms with E-state index in [1.807, 2.05) is 0 Å². The minimum atomic E-state index is 0.298. The maximum atomic E-state index is 8.87. The Bertz CT molecular complexity index is 135. The number of aliphatic hydroxyl groups excluding tert-OH is 1. The fourth-order valence-electron chi connectivity index (χ4n) is 1.57. The number of aliphatic hydroxyl groups is 1. The Hall–Kier alpha value is -0.0800. The molecule has 0 aromatic heterocycles. The first kappa shape index (κ1) is 10.0. The lowest BCUT2D eigenvalue weighted by atomic mass is 9.96. The van der Waals surface area contributed by atoms with Crippen molar-refractivity contribution in [1.82, 2.24) is 4.90 Å². The molecule has 0 spiro atoms. The second-order valence-electron chi connectivity index (χ2n) is 4.99. The summed E-state index contributed by atoms with van der Waals surface area (Å²) in [6, 6.07) is 0.774. The van der Waals surface area contributed by atoms with Gasteiger partial charge in [-0.15, -0.1) is 0 Å². The van der Waals surface area contributed by atoms with Gasteiger partial charge in [0.15, 0.2) is 0 Å². The van der Waals surface area contributed by atoms with Crippen LogP contribution in [0.4, 0.5) is 0 Å². The topological polar surface area (TPSA) is 23.5 Å². The zero-order valence-electron chi connectivity index (χ0n) is 8.51. The van der Waals surface area contributed by atoms with E-state index in [0.717, 1.165) is 19.1 Å². The van der Waals surface area contributed by atoms with Crippen LogP contribution in [-0.4, -0.2) is 35.7 Å². The smallest absolute Gasteiger partial charge is 0.0558 e. The van der Waals surface area contributed by atoms with Crippen LogP contribution in [-0.2, 0) is 0 Å². The summed E-state index contributed by atoms with van der Waals surface area (Å²) in [6.07, 6.45) is 2.66. The van der Waals surface area contributed by atoms with Crippen molar-refractivity contribution in [2.45, 2.75) is 39.7 Å². The zero-order valence-corrected chi connectivity index (χ0v) is 8.51. The van der Waals surface area contributed by atoms with Crippen LogP contribution >= 0.6 is 0 Å². The van der Waals surface area contributed by atoms with Crippen molar-refractivity contribution < 1.29 is 5.11 Å². The molecule has 1 rings (SSSR count). The van der Waals surface area contributed by atoms with Crippen LogP contribution in [0, 0.1) is 5.41 Å². The molecule has 0 bridgehead atoms. The first-order valence-corrected chi connectivity index (χ1v) is 4.88. The Balaban J connectivity index is 2.32. The highest BCUT2D eigenvalue weighted by molar-refractivity contribution is 4.86. The van der Waals surface area contributed by atoms with Gasteiger partial charge >= 0.3 is 0 Å². The number of rotatable bonds is 4. The summed E-state index contributed by atoms with van der Waals surface area (Å²) in [5.74, 6) is 0. The minimum Gasteiger partial charge on any atom is -0.395 e. The van der Waals surface area contributed by atoms with Crippen molar-refractivity contribution in [3.63, 3.8) is 0 Å². The number of hydrogen-bond donors (Lipinski definition) is 1. The van der Waals surface area contributed by atoms with Gasteiger partial charge in [0.25, 0.3) is 0 Å². The molecule has 0 saturated heterocycles. The predicted molar refractivity (Wildman–Crippen MR) is 51.1 cm³/mol. The third-order valence-electron chi connectivity index (χ3n) is 2.13. The SMILES string of the molecule is CC(C)(C)CN(CCO)C1CC1. The van der Waals surface area contributed by atoms with Gasteiger partial charge in [0.05, 0.1) is 6.61 Å². The van der Waals surface area contributed by atoms with Gasteiger partial charge in [-0.3, -0.25) is 4.90 Å². The third-order valence-corrected chi connectivity index (χ3v) is 2.13. The second-order valence-corrected chi connectivity index (χ2v) is 4.99. The minimum absolute atomic E-state index is 0.298. The summed E-state index contributed by atoms with van der Waals surface area (Å²) < 4.78 is 0. The second kappa shape index (κ2) is 3.75. The maximum absolute atomic E-state index is 8.87. The number of nitrogens with zero attached hydrogens (tertiary/aromatic N) is 1. The van der Waals surface area contributed by atoms with Gasteiger partial charge in [-0.05, 0) is 18.3 Å². The van der Waals surface area contributed by atoms with Crippen molar-refractivity contribution >= 4 is 0 Å². The van der Waals surface area contributed by atoms with Crippen LogP contribution in [0.2, 0.25) is 0 Å². The molecule has 0 heterocycles. The lowest BCUT2D eigenvalue weighted by molar-refractivity contribution is 0.145. The van der Waals surface area contributed by atoms with E-state index in [-0.39, 0.29) is 0 Å². The van der Waals surface area contributed by atoms with E-state index in [4.69, 9.17) is 5.11 Å². The third kappa shape index (κ3) is 3.55. The van der Waals surface area contributed by atoms with E-state index in [1.165, 1.54) is 12.8 Å². The Labute approximate surface area is 75.6 Å². The van der Waals surface area contributed by atoms with Gasteiger partial charge in [0.2, 0.25) is 0 Å². The monoisotopic (exact) mass is 171 g/mol. The molecule has 2 nitrogen and oxygen atoms in total. The van der Waals surface area contributed by atoms with Crippen LogP contribution in [0.3, 0.4) is 0 Å². The summed E-state index contributed by atoms with van der Waals surface area (Å²) in [7, 11) is 0. The van der Waals surface area contributed by atoms with Gasteiger partial charge in [-0.1, -0.05) is 20.8 Å². The van der Waals surface area contributed by atoms with Crippen molar-refractivity contribution in [2.24, 2.45) is 5.41 Å². The predicted octanol–water partition coefficient (Wildman–Crippen LogP) is 1.49. The van der Waals surface area contributed by atoms with E-state index in [9.17, 15) is 0 Å². The lowest BCUT2D eigenvalue weighted by Gasteiger charge is -2.29. The van der Waals surface area contributed by atoms with Gasteiger partial charge < -0.3 is 5.11 Å². The molecule has 0 unspecified atom stereocenters. The molecular formula is C10H21NO. The molecule has 0 aliphatic heterocycles. The van der Waals surface area contributed by atoms with Crippen molar-refractivity contribution in [3.8, 4) is 0 Å². The summed E-state index contributed by atoms with van der Waals surface area (Å²) in [6.45, 7) is 9.01. The largest absolute Gasteiger partial charge is 0.395 e. The lowest BCUT2D eigenvalue weighted by Crippen LogP contribution is -2.36. The van der Waals surface area contributed by atoms with E-state index in [1.54, 1.807) is 0 Å². The first-order chi connectivity index (χ1) is 5.53. The van der Waals surface area contributed by atoms with Gasteiger partial charge in [-0.2, -0.15) is 0 Å². The summed E-state index contributed by atoms with van der Waals surface area (Å²) in [5.41, 5.74) is 0.359. The Kier molecular flexibility index (Phi) is 3.13. The molecule has 1 saturated carbocycles. The van der Waals surface area contributed by atoms with Crippen LogP contribution in [0.25, 0.3) is 0 Å². The first-order valence-electron chi connectivity index (χ1n) is 4.88. The normalized spacial score (nSPS) is 18.8. The molecule has 0 atom stereocenters. The number of hydrogen-bond acceptors (Lipinski definition) is 2. The average Bonchev–Trinajstić information content (AvgIpc) is 2.63. The molecule has 1 aliphatic rings. The fourth-order valence-corrected chi connectivity index (χ4v) is 1.57. The Morgan fingerprint density at radius 3 is 2.25 bits per heavy atom. The fraction of sp³-hybridized carbons (Fsp3) is 1.00.